The first-order valence-corrected chi connectivity index (χ1v) is 5.35. The molecule has 6 nitrogen and oxygen atoms in total. The van der Waals surface area contributed by atoms with Gasteiger partial charge in [0.05, 0.1) is 5.69 Å². The fourth-order valence-electron chi connectivity index (χ4n) is 1.39. The molecule has 2 heterocycles. The van der Waals surface area contributed by atoms with Crippen LogP contribution in [0.3, 0.4) is 0 Å². The molecule has 0 aromatic carbocycles. The number of nitrogens with zero attached hydrogens (tertiary/aromatic N) is 2. The number of H-pyrrole nitrogens is 2. The molecule has 0 aliphatic heterocycles. The summed E-state index contributed by atoms with van der Waals surface area (Å²) >= 11 is 0. The van der Waals surface area contributed by atoms with Gasteiger partial charge >= 0.3 is 5.97 Å². The number of rotatable bonds is 2. The van der Waals surface area contributed by atoms with Crippen molar-refractivity contribution in [1.29, 1.82) is 0 Å². The first kappa shape index (κ1) is 12.3. The number of aromatic amines is 2. The van der Waals surface area contributed by atoms with Crippen LogP contribution in [0.1, 0.15) is 31.3 Å². The molecule has 0 unspecified atom stereocenters. The van der Waals surface area contributed by atoms with Crippen molar-refractivity contribution in [1.82, 2.24) is 20.4 Å². The molecule has 18 heavy (non-hydrogen) atoms. The maximum absolute atomic E-state index is 12.9. The zero-order valence-electron chi connectivity index (χ0n) is 10.2. The molecule has 0 spiro atoms. The van der Waals surface area contributed by atoms with Crippen LogP contribution in [0.4, 0.5) is 4.39 Å². The number of hydrogen-bond donors (Lipinski definition) is 2. The fourth-order valence-corrected chi connectivity index (χ4v) is 1.39. The van der Waals surface area contributed by atoms with Gasteiger partial charge in [-0.2, -0.15) is 10.3 Å². The van der Waals surface area contributed by atoms with Crippen molar-refractivity contribution in [3.8, 4) is 11.4 Å². The lowest BCUT2D eigenvalue weighted by molar-refractivity contribution is 0.00637. The molecule has 0 radical (unpaired) electrons. The minimum atomic E-state index is -0.631. The Labute approximate surface area is 103 Å². The van der Waals surface area contributed by atoms with E-state index in [9.17, 15) is 9.18 Å². The van der Waals surface area contributed by atoms with E-state index in [0.717, 1.165) is 0 Å². The Morgan fingerprint density at radius 1 is 1.39 bits per heavy atom. The average molecular weight is 252 g/mol. The number of carbonyl (C=O) groups is 1. The summed E-state index contributed by atoms with van der Waals surface area (Å²) in [6.45, 7) is 5.25. The van der Waals surface area contributed by atoms with Gasteiger partial charge in [-0.15, -0.1) is 5.10 Å². The van der Waals surface area contributed by atoms with Crippen molar-refractivity contribution in [3.05, 3.63) is 23.8 Å². The third kappa shape index (κ3) is 2.55. The van der Waals surface area contributed by atoms with E-state index in [-0.39, 0.29) is 11.4 Å². The minimum Gasteiger partial charge on any atom is -0.455 e. The highest BCUT2D eigenvalue weighted by Gasteiger charge is 2.24. The van der Waals surface area contributed by atoms with Crippen molar-refractivity contribution in [3.63, 3.8) is 0 Å². The van der Waals surface area contributed by atoms with Crippen molar-refractivity contribution in [2.24, 2.45) is 0 Å². The second-order valence-electron chi connectivity index (χ2n) is 4.75. The molecule has 0 saturated carbocycles. The largest absolute Gasteiger partial charge is 0.455 e. The van der Waals surface area contributed by atoms with Gasteiger partial charge in [0.1, 0.15) is 17.1 Å². The summed E-state index contributed by atoms with van der Waals surface area (Å²) in [7, 11) is 0. The lowest BCUT2D eigenvalue weighted by Crippen LogP contribution is -2.24. The molecule has 96 valence electrons. The molecule has 2 aromatic rings. The standard InChI is InChI=1S/C11H13FN4O2/c1-11(2,3)18-10(17)9-8(14-16-15-9)7-4-6(12)5-13-7/h4-5,13H,1-3H3,(H,14,15,16). The highest BCUT2D eigenvalue weighted by Crippen LogP contribution is 2.21. The van der Waals surface area contributed by atoms with Crippen LogP contribution in [0.2, 0.25) is 0 Å². The molecule has 0 fully saturated rings. The third-order valence-corrected chi connectivity index (χ3v) is 2.04. The number of hydrogen-bond acceptors (Lipinski definition) is 4. The minimum absolute atomic E-state index is 0.0202. The van der Waals surface area contributed by atoms with E-state index < -0.39 is 17.4 Å². The Bertz CT molecular complexity index is 568. The Morgan fingerprint density at radius 3 is 2.67 bits per heavy atom. The average Bonchev–Trinajstić information content (AvgIpc) is 2.81. The van der Waals surface area contributed by atoms with Crippen LogP contribution in [-0.4, -0.2) is 32.0 Å². The number of aromatic nitrogens is 4. The van der Waals surface area contributed by atoms with Gasteiger partial charge < -0.3 is 9.72 Å². The van der Waals surface area contributed by atoms with Crippen molar-refractivity contribution < 1.29 is 13.9 Å². The highest BCUT2D eigenvalue weighted by atomic mass is 19.1. The molecule has 2 rings (SSSR count). The summed E-state index contributed by atoms with van der Waals surface area (Å²) in [5.41, 5.74) is -0.0177. The van der Waals surface area contributed by atoms with E-state index in [1.807, 2.05) is 0 Å². The van der Waals surface area contributed by atoms with Crippen LogP contribution in [-0.2, 0) is 4.74 Å². The Morgan fingerprint density at radius 2 is 2.11 bits per heavy atom. The van der Waals surface area contributed by atoms with Crippen molar-refractivity contribution in [2.45, 2.75) is 26.4 Å². The molecule has 0 aliphatic rings. The summed E-state index contributed by atoms with van der Waals surface area (Å²) in [6.07, 6.45) is 1.17. The summed E-state index contributed by atoms with van der Waals surface area (Å²) in [5.74, 6) is -1.05. The van der Waals surface area contributed by atoms with E-state index >= 15 is 0 Å². The lowest BCUT2D eigenvalue weighted by atomic mass is 10.2. The van der Waals surface area contributed by atoms with E-state index in [2.05, 4.69) is 20.4 Å². The van der Waals surface area contributed by atoms with Crippen LogP contribution >= 0.6 is 0 Å². The molecule has 0 saturated heterocycles. The first-order chi connectivity index (χ1) is 8.37. The highest BCUT2D eigenvalue weighted by molar-refractivity contribution is 5.93. The predicted molar refractivity (Wildman–Crippen MR) is 61.3 cm³/mol. The van der Waals surface area contributed by atoms with Gasteiger partial charge in [-0.25, -0.2) is 9.18 Å². The monoisotopic (exact) mass is 252 g/mol. The quantitative estimate of drug-likeness (QED) is 0.799. The van der Waals surface area contributed by atoms with Gasteiger partial charge in [-0.05, 0) is 20.8 Å². The number of esters is 1. The third-order valence-electron chi connectivity index (χ3n) is 2.04. The molecule has 2 N–H and O–H groups in total. The number of nitrogens with one attached hydrogen (secondary N) is 2. The van der Waals surface area contributed by atoms with Gasteiger partial charge in [0.2, 0.25) is 0 Å². The van der Waals surface area contributed by atoms with Crippen molar-refractivity contribution in [2.75, 3.05) is 0 Å². The molecule has 0 amide bonds. The van der Waals surface area contributed by atoms with Crippen LogP contribution in [0.15, 0.2) is 12.3 Å². The Kier molecular flexibility index (Phi) is 2.90. The second kappa shape index (κ2) is 4.25. The van der Waals surface area contributed by atoms with Gasteiger partial charge in [-0.3, -0.25) is 0 Å². The van der Waals surface area contributed by atoms with Crippen molar-refractivity contribution >= 4 is 5.97 Å². The van der Waals surface area contributed by atoms with Gasteiger partial charge in [-0.1, -0.05) is 0 Å². The summed E-state index contributed by atoms with van der Waals surface area (Å²) in [5, 5.41) is 9.88. The van der Waals surface area contributed by atoms with Gasteiger partial charge in [0.15, 0.2) is 5.69 Å². The van der Waals surface area contributed by atoms with E-state index in [1.54, 1.807) is 20.8 Å². The smallest absolute Gasteiger partial charge is 0.361 e. The molecule has 7 heteroatoms. The number of carbonyl (C=O) groups excluding carboxylic acids is 1. The van der Waals surface area contributed by atoms with Crippen LogP contribution in [0.25, 0.3) is 11.4 Å². The maximum atomic E-state index is 12.9. The normalized spacial score (nSPS) is 11.6. The zero-order valence-corrected chi connectivity index (χ0v) is 10.2. The number of ether oxygens (including phenoxy) is 1. The van der Waals surface area contributed by atoms with E-state index in [4.69, 9.17) is 4.74 Å². The summed E-state index contributed by atoms with van der Waals surface area (Å²) in [4.78, 5) is 14.5. The van der Waals surface area contributed by atoms with Crippen LogP contribution < -0.4 is 0 Å². The molecular weight excluding hydrogens is 239 g/mol. The SMILES string of the molecule is CC(C)(C)OC(=O)c1n[nH]nc1-c1cc(F)c[nH]1. The van der Waals surface area contributed by atoms with E-state index in [0.29, 0.717) is 5.69 Å². The molecular formula is C11H13FN4O2. The van der Waals surface area contributed by atoms with Gasteiger partial charge in [0, 0.05) is 12.3 Å². The Balaban J connectivity index is 2.31. The fraction of sp³-hybridized carbons (Fsp3) is 0.364. The second-order valence-corrected chi connectivity index (χ2v) is 4.75. The topological polar surface area (TPSA) is 83.7 Å². The van der Waals surface area contributed by atoms with Gasteiger partial charge in [0.25, 0.3) is 0 Å². The predicted octanol–water partition coefficient (Wildman–Crippen LogP) is 1.89. The lowest BCUT2D eigenvalue weighted by Gasteiger charge is -2.18. The molecule has 0 aliphatic carbocycles. The molecule has 2 aromatic heterocycles. The summed E-state index contributed by atoms with van der Waals surface area (Å²) < 4.78 is 18.1. The first-order valence-electron chi connectivity index (χ1n) is 5.35. The van der Waals surface area contributed by atoms with Crippen LogP contribution in [0, 0.1) is 5.82 Å². The number of halogens is 1. The maximum Gasteiger partial charge on any atom is 0.361 e. The zero-order chi connectivity index (χ0) is 13.3. The molecule has 0 atom stereocenters. The Hall–Kier alpha value is -2.18. The van der Waals surface area contributed by atoms with E-state index in [1.165, 1.54) is 12.3 Å². The molecule has 0 bridgehead atoms. The van der Waals surface area contributed by atoms with Crippen LogP contribution in [0.5, 0.6) is 0 Å². The summed E-state index contributed by atoms with van der Waals surface area (Å²) in [6, 6.07) is 1.23.